The van der Waals surface area contributed by atoms with Gasteiger partial charge in [0.1, 0.15) is 24.4 Å². The first-order chi connectivity index (χ1) is 16.4. The standard InChI is InChI=1S/C25H30FN5O2S/c1-25(2,30-12-14-33-15-13-30)18-27-22(32)17-34-24-29-28-23(20-10-6-7-11-21(20)26)31(24)16-19-8-4-3-5-9-19/h3-11H,12-18H2,1-2H3,(H,27,32)/p+1. The highest BCUT2D eigenvalue weighted by atomic mass is 32.2. The van der Waals surface area contributed by atoms with E-state index in [9.17, 15) is 9.18 Å². The van der Waals surface area contributed by atoms with Crippen LogP contribution in [0.5, 0.6) is 0 Å². The van der Waals surface area contributed by atoms with Crippen molar-refractivity contribution in [1.82, 2.24) is 20.1 Å². The number of ether oxygens (including phenoxy) is 1. The number of hydrogen-bond donors (Lipinski definition) is 2. The number of nitrogens with one attached hydrogen (secondary N) is 2. The Morgan fingerprint density at radius 2 is 1.82 bits per heavy atom. The lowest BCUT2D eigenvalue weighted by Gasteiger charge is -2.37. The molecule has 1 saturated heterocycles. The Kier molecular flexibility index (Phi) is 7.97. The molecule has 2 N–H and O–H groups in total. The van der Waals surface area contributed by atoms with E-state index in [2.05, 4.69) is 29.4 Å². The van der Waals surface area contributed by atoms with Crippen molar-refractivity contribution in [2.75, 3.05) is 38.6 Å². The average Bonchev–Trinajstić information content (AvgIpc) is 3.25. The molecule has 0 bridgehead atoms. The summed E-state index contributed by atoms with van der Waals surface area (Å²) in [7, 11) is 0. The molecule has 2 aromatic carbocycles. The molecule has 0 spiro atoms. The van der Waals surface area contributed by atoms with Crippen molar-refractivity contribution in [2.45, 2.75) is 31.1 Å². The topological polar surface area (TPSA) is 73.5 Å². The number of rotatable bonds is 9. The lowest BCUT2D eigenvalue weighted by atomic mass is 10.0. The van der Waals surface area contributed by atoms with E-state index in [0.29, 0.717) is 29.6 Å². The number of halogens is 1. The zero-order valence-electron chi connectivity index (χ0n) is 19.6. The number of carbonyl (C=O) groups is 1. The zero-order valence-corrected chi connectivity index (χ0v) is 20.4. The Hall–Kier alpha value is -2.75. The van der Waals surface area contributed by atoms with Gasteiger partial charge in [-0.05, 0) is 31.5 Å². The van der Waals surface area contributed by atoms with Crippen LogP contribution in [0.4, 0.5) is 4.39 Å². The van der Waals surface area contributed by atoms with Crippen molar-refractivity contribution in [3.63, 3.8) is 0 Å². The van der Waals surface area contributed by atoms with Crippen molar-refractivity contribution >= 4 is 17.7 Å². The van der Waals surface area contributed by atoms with Crippen LogP contribution in [0.15, 0.2) is 59.8 Å². The number of aromatic nitrogens is 3. The van der Waals surface area contributed by atoms with E-state index in [4.69, 9.17) is 4.74 Å². The Morgan fingerprint density at radius 1 is 1.12 bits per heavy atom. The summed E-state index contributed by atoms with van der Waals surface area (Å²) < 4.78 is 21.8. The molecule has 180 valence electrons. The van der Waals surface area contributed by atoms with Gasteiger partial charge >= 0.3 is 0 Å². The molecule has 0 atom stereocenters. The summed E-state index contributed by atoms with van der Waals surface area (Å²) >= 11 is 1.31. The summed E-state index contributed by atoms with van der Waals surface area (Å²) in [6.07, 6.45) is 0. The monoisotopic (exact) mass is 484 g/mol. The second-order valence-electron chi connectivity index (χ2n) is 9.02. The van der Waals surface area contributed by atoms with E-state index in [0.717, 1.165) is 31.9 Å². The smallest absolute Gasteiger partial charge is 0.230 e. The lowest BCUT2D eigenvalue weighted by Crippen LogP contribution is -3.22. The van der Waals surface area contributed by atoms with Crippen LogP contribution in [-0.4, -0.2) is 64.8 Å². The van der Waals surface area contributed by atoms with E-state index in [1.54, 1.807) is 18.2 Å². The van der Waals surface area contributed by atoms with Crippen LogP contribution in [0.25, 0.3) is 11.4 Å². The average molecular weight is 485 g/mol. The number of hydrogen-bond acceptors (Lipinski definition) is 5. The maximum absolute atomic E-state index is 14.5. The lowest BCUT2D eigenvalue weighted by molar-refractivity contribution is -0.954. The molecule has 2 heterocycles. The van der Waals surface area contributed by atoms with Gasteiger partial charge in [-0.25, -0.2) is 4.39 Å². The van der Waals surface area contributed by atoms with Gasteiger partial charge in [-0.15, -0.1) is 10.2 Å². The highest BCUT2D eigenvalue weighted by molar-refractivity contribution is 7.99. The van der Waals surface area contributed by atoms with Crippen molar-refractivity contribution in [3.05, 3.63) is 66.0 Å². The summed E-state index contributed by atoms with van der Waals surface area (Å²) in [6, 6.07) is 16.4. The Bertz CT molecular complexity index is 1100. The van der Waals surface area contributed by atoms with Gasteiger partial charge in [-0.1, -0.05) is 54.2 Å². The second kappa shape index (κ2) is 11.1. The van der Waals surface area contributed by atoms with Crippen LogP contribution in [0.3, 0.4) is 0 Å². The molecule has 4 rings (SSSR count). The van der Waals surface area contributed by atoms with E-state index in [1.165, 1.54) is 22.7 Å². The van der Waals surface area contributed by atoms with Crippen LogP contribution in [0, 0.1) is 5.82 Å². The van der Waals surface area contributed by atoms with Crippen molar-refractivity contribution in [2.24, 2.45) is 0 Å². The molecule has 0 radical (unpaired) electrons. The molecule has 3 aromatic rings. The Balaban J connectivity index is 1.45. The van der Waals surface area contributed by atoms with E-state index >= 15 is 0 Å². The minimum Gasteiger partial charge on any atom is -0.370 e. The molecule has 7 nitrogen and oxygen atoms in total. The Morgan fingerprint density at radius 3 is 2.56 bits per heavy atom. The molecular formula is C25H31FN5O2S+. The molecule has 1 aliphatic rings. The summed E-state index contributed by atoms with van der Waals surface area (Å²) in [5.74, 6) is 0.235. The molecule has 34 heavy (non-hydrogen) atoms. The predicted molar refractivity (Wildman–Crippen MR) is 130 cm³/mol. The van der Waals surface area contributed by atoms with Gasteiger partial charge in [0.25, 0.3) is 0 Å². The number of thioether (sulfide) groups is 1. The fourth-order valence-electron chi connectivity index (χ4n) is 4.07. The van der Waals surface area contributed by atoms with Crippen molar-refractivity contribution in [3.8, 4) is 11.4 Å². The summed E-state index contributed by atoms with van der Waals surface area (Å²) in [6.45, 7) is 8.79. The fraction of sp³-hybridized carbons (Fsp3) is 0.400. The first kappa shape index (κ1) is 24.4. The van der Waals surface area contributed by atoms with Gasteiger partial charge in [0.05, 0.1) is 37.6 Å². The van der Waals surface area contributed by atoms with Crippen LogP contribution in [0.1, 0.15) is 19.4 Å². The highest BCUT2D eigenvalue weighted by Gasteiger charge is 2.32. The van der Waals surface area contributed by atoms with E-state index in [1.807, 2.05) is 34.9 Å². The summed E-state index contributed by atoms with van der Waals surface area (Å²) in [5.41, 5.74) is 1.36. The Labute approximate surface area is 203 Å². The summed E-state index contributed by atoms with van der Waals surface area (Å²) in [5, 5.41) is 12.2. The number of morpholine rings is 1. The van der Waals surface area contributed by atoms with Gasteiger partial charge in [0.2, 0.25) is 5.91 Å². The molecule has 0 aliphatic carbocycles. The van der Waals surface area contributed by atoms with Crippen LogP contribution < -0.4 is 10.2 Å². The molecule has 9 heteroatoms. The maximum Gasteiger partial charge on any atom is 0.230 e. The molecule has 1 aromatic heterocycles. The highest BCUT2D eigenvalue weighted by Crippen LogP contribution is 2.27. The third-order valence-electron chi connectivity index (χ3n) is 6.13. The molecule has 0 saturated carbocycles. The van der Waals surface area contributed by atoms with E-state index < -0.39 is 0 Å². The van der Waals surface area contributed by atoms with Crippen LogP contribution >= 0.6 is 11.8 Å². The van der Waals surface area contributed by atoms with Crippen molar-refractivity contribution < 1.29 is 18.8 Å². The van der Waals surface area contributed by atoms with Gasteiger partial charge in [0, 0.05) is 0 Å². The number of nitrogens with zero attached hydrogens (tertiary/aromatic N) is 3. The zero-order chi connectivity index (χ0) is 24.0. The molecule has 1 fully saturated rings. The van der Waals surface area contributed by atoms with Gasteiger partial charge < -0.3 is 15.0 Å². The fourth-order valence-corrected chi connectivity index (χ4v) is 4.83. The SMILES string of the molecule is CC(C)(CNC(=O)CSc1nnc(-c2ccccc2F)n1Cc1ccccc1)[NH+]1CCOCC1. The first-order valence-electron chi connectivity index (χ1n) is 11.5. The second-order valence-corrected chi connectivity index (χ2v) is 9.97. The van der Waals surface area contributed by atoms with Gasteiger partial charge in [0.15, 0.2) is 11.0 Å². The van der Waals surface area contributed by atoms with Crippen molar-refractivity contribution in [1.29, 1.82) is 0 Å². The van der Waals surface area contributed by atoms with Crippen LogP contribution in [-0.2, 0) is 16.1 Å². The van der Waals surface area contributed by atoms with E-state index in [-0.39, 0.29) is 23.0 Å². The molecule has 1 aliphatic heterocycles. The minimum absolute atomic E-state index is 0.0626. The molecule has 1 amide bonds. The first-order valence-corrected chi connectivity index (χ1v) is 12.5. The third kappa shape index (κ3) is 6.02. The number of amides is 1. The quantitative estimate of drug-likeness (QED) is 0.455. The predicted octanol–water partition coefficient (Wildman–Crippen LogP) is 2.03. The normalized spacial score (nSPS) is 14.8. The number of benzene rings is 2. The number of quaternary nitrogens is 1. The summed E-state index contributed by atoms with van der Waals surface area (Å²) in [4.78, 5) is 14.1. The van der Waals surface area contributed by atoms with Gasteiger partial charge in [-0.2, -0.15) is 0 Å². The third-order valence-corrected chi connectivity index (χ3v) is 7.10. The number of carbonyl (C=O) groups excluding carboxylic acids is 1. The van der Waals surface area contributed by atoms with Gasteiger partial charge in [-0.3, -0.25) is 9.36 Å². The van der Waals surface area contributed by atoms with Crippen LogP contribution in [0.2, 0.25) is 0 Å². The maximum atomic E-state index is 14.5. The molecular weight excluding hydrogens is 453 g/mol. The largest absolute Gasteiger partial charge is 0.370 e. The minimum atomic E-state index is -0.355. The molecule has 0 unspecified atom stereocenters.